The van der Waals surface area contributed by atoms with Crippen LogP contribution in [0.2, 0.25) is 0 Å². The third kappa shape index (κ3) is 4.68. The number of amides is 2. The highest BCUT2D eigenvalue weighted by Crippen LogP contribution is 2.34. The summed E-state index contributed by atoms with van der Waals surface area (Å²) in [5.41, 5.74) is 4.63. The number of benzene rings is 2. The first kappa shape index (κ1) is 21.2. The van der Waals surface area contributed by atoms with E-state index in [1.807, 2.05) is 11.0 Å². The average molecular weight is 423 g/mol. The predicted octanol–water partition coefficient (Wildman–Crippen LogP) is 4.00. The number of rotatable bonds is 6. The van der Waals surface area contributed by atoms with E-state index in [1.165, 1.54) is 31.1 Å². The molecular weight excluding hydrogens is 392 g/mol. The monoisotopic (exact) mass is 422 g/mol. The van der Waals surface area contributed by atoms with E-state index in [1.54, 1.807) is 19.2 Å². The van der Waals surface area contributed by atoms with Crippen LogP contribution in [-0.2, 0) is 24.1 Å². The zero-order chi connectivity index (χ0) is 21.8. The van der Waals surface area contributed by atoms with Crippen LogP contribution < -0.4 is 14.8 Å². The van der Waals surface area contributed by atoms with Crippen LogP contribution in [0.15, 0.2) is 30.3 Å². The van der Waals surface area contributed by atoms with Gasteiger partial charge in [-0.3, -0.25) is 9.59 Å². The zero-order valence-corrected chi connectivity index (χ0v) is 18.3. The maximum Gasteiger partial charge on any atom is 0.256 e. The summed E-state index contributed by atoms with van der Waals surface area (Å²) in [5.74, 6) is 0.697. The lowest BCUT2D eigenvalue weighted by atomic mass is 9.90. The van der Waals surface area contributed by atoms with Gasteiger partial charge in [-0.2, -0.15) is 0 Å². The maximum atomic E-state index is 13.1. The molecule has 2 aromatic rings. The molecule has 2 aromatic carbocycles. The minimum Gasteiger partial charge on any atom is -0.493 e. The van der Waals surface area contributed by atoms with Crippen molar-refractivity contribution in [3.8, 4) is 11.5 Å². The topological polar surface area (TPSA) is 67.9 Å². The number of methoxy groups -OCH3 is 2. The van der Waals surface area contributed by atoms with Gasteiger partial charge in [-0.15, -0.1) is 0 Å². The molecule has 1 N–H and O–H groups in total. The molecule has 0 bridgehead atoms. The highest BCUT2D eigenvalue weighted by atomic mass is 16.5. The summed E-state index contributed by atoms with van der Waals surface area (Å²) in [6.07, 6.45) is 6.90. The first-order valence-corrected chi connectivity index (χ1v) is 11.0. The second-order valence-electron chi connectivity index (χ2n) is 8.29. The quantitative estimate of drug-likeness (QED) is 0.764. The number of carbonyl (C=O) groups excluding carboxylic acids is 2. The summed E-state index contributed by atoms with van der Waals surface area (Å²) in [6, 6.07) is 9.67. The van der Waals surface area contributed by atoms with E-state index in [4.69, 9.17) is 9.47 Å². The summed E-state index contributed by atoms with van der Waals surface area (Å²) in [6.45, 7) is 1.46. The zero-order valence-electron chi connectivity index (χ0n) is 18.3. The Morgan fingerprint density at radius 2 is 1.58 bits per heavy atom. The minimum atomic E-state index is -0.154. The number of hydrogen-bond acceptors (Lipinski definition) is 4. The van der Waals surface area contributed by atoms with Crippen molar-refractivity contribution in [3.63, 3.8) is 0 Å². The molecule has 1 aliphatic carbocycles. The summed E-state index contributed by atoms with van der Waals surface area (Å²) in [4.78, 5) is 27.8. The van der Waals surface area contributed by atoms with Gasteiger partial charge in [0, 0.05) is 19.2 Å². The molecule has 0 atom stereocenters. The van der Waals surface area contributed by atoms with Gasteiger partial charge in [0.1, 0.15) is 0 Å². The fourth-order valence-electron chi connectivity index (χ4n) is 4.53. The Labute approximate surface area is 183 Å². The van der Waals surface area contributed by atoms with Gasteiger partial charge in [0.2, 0.25) is 5.91 Å². The molecule has 164 valence electrons. The highest BCUT2D eigenvalue weighted by molar-refractivity contribution is 6.05. The Hall–Kier alpha value is -3.02. The molecule has 0 radical (unpaired) electrons. The summed E-state index contributed by atoms with van der Waals surface area (Å²) < 4.78 is 10.8. The molecule has 0 unspecified atom stereocenters. The van der Waals surface area contributed by atoms with Crippen LogP contribution in [0.4, 0.5) is 5.69 Å². The van der Waals surface area contributed by atoms with E-state index in [0.717, 1.165) is 44.3 Å². The van der Waals surface area contributed by atoms with Gasteiger partial charge in [0.15, 0.2) is 11.5 Å². The fraction of sp³-hybridized carbons (Fsp3) is 0.440. The van der Waals surface area contributed by atoms with Crippen LogP contribution in [0.1, 0.15) is 52.7 Å². The van der Waals surface area contributed by atoms with Crippen molar-refractivity contribution in [2.24, 2.45) is 0 Å². The van der Waals surface area contributed by atoms with Crippen molar-refractivity contribution in [2.45, 2.75) is 44.9 Å². The van der Waals surface area contributed by atoms with Crippen LogP contribution in [0.25, 0.3) is 0 Å². The molecule has 2 aliphatic rings. The van der Waals surface area contributed by atoms with Crippen molar-refractivity contribution in [2.75, 3.05) is 32.6 Å². The molecule has 0 saturated carbocycles. The number of fused-ring (bicyclic) bond motifs is 1. The van der Waals surface area contributed by atoms with Crippen molar-refractivity contribution < 1.29 is 19.1 Å². The Morgan fingerprint density at radius 1 is 0.903 bits per heavy atom. The lowest BCUT2D eigenvalue weighted by molar-refractivity contribution is -0.115. The van der Waals surface area contributed by atoms with E-state index in [9.17, 15) is 9.59 Å². The molecule has 0 aromatic heterocycles. The first-order chi connectivity index (χ1) is 15.1. The van der Waals surface area contributed by atoms with Crippen LogP contribution in [-0.4, -0.2) is 44.0 Å². The second kappa shape index (κ2) is 9.41. The third-order valence-corrected chi connectivity index (χ3v) is 6.20. The van der Waals surface area contributed by atoms with E-state index >= 15 is 0 Å². The van der Waals surface area contributed by atoms with Crippen molar-refractivity contribution in [1.82, 2.24) is 4.90 Å². The molecule has 1 aliphatic heterocycles. The summed E-state index contributed by atoms with van der Waals surface area (Å²) >= 11 is 0. The average Bonchev–Trinajstić information content (AvgIpc) is 3.33. The van der Waals surface area contributed by atoms with Gasteiger partial charge in [0.05, 0.1) is 31.9 Å². The van der Waals surface area contributed by atoms with Crippen molar-refractivity contribution in [1.29, 1.82) is 0 Å². The lowest BCUT2D eigenvalue weighted by Gasteiger charge is -2.20. The molecule has 1 fully saturated rings. The number of ether oxygens (including phenoxy) is 2. The first-order valence-electron chi connectivity index (χ1n) is 11.0. The number of likely N-dealkylation sites (tertiary alicyclic amines) is 1. The molecule has 1 heterocycles. The number of nitrogens with one attached hydrogen (secondary N) is 1. The number of nitrogens with zero attached hydrogens (tertiary/aromatic N) is 1. The Bertz CT molecular complexity index is 980. The smallest absolute Gasteiger partial charge is 0.256 e. The number of carbonyl (C=O) groups is 2. The maximum absolute atomic E-state index is 13.1. The third-order valence-electron chi connectivity index (χ3n) is 6.20. The van der Waals surface area contributed by atoms with Crippen LogP contribution in [0.3, 0.4) is 0 Å². The van der Waals surface area contributed by atoms with Gasteiger partial charge >= 0.3 is 0 Å². The lowest BCUT2D eigenvalue weighted by Crippen LogP contribution is -2.29. The normalized spacial score (nSPS) is 15.4. The molecule has 0 spiro atoms. The van der Waals surface area contributed by atoms with E-state index in [2.05, 4.69) is 17.4 Å². The number of aryl methyl sites for hydroxylation is 2. The largest absolute Gasteiger partial charge is 0.493 e. The molecule has 4 rings (SSSR count). The fourth-order valence-corrected chi connectivity index (χ4v) is 4.53. The van der Waals surface area contributed by atoms with Gasteiger partial charge < -0.3 is 19.7 Å². The molecule has 6 heteroatoms. The SMILES string of the molecule is COc1cc(NC(=O)Cc2ccc3c(c2)CCCC3)c(C(=O)N2CCCC2)cc1OC. The predicted molar refractivity (Wildman–Crippen MR) is 120 cm³/mol. The van der Waals surface area contributed by atoms with Crippen molar-refractivity contribution >= 4 is 17.5 Å². The molecule has 2 amide bonds. The van der Waals surface area contributed by atoms with E-state index in [-0.39, 0.29) is 18.2 Å². The number of anilines is 1. The van der Waals surface area contributed by atoms with Gasteiger partial charge in [-0.1, -0.05) is 18.2 Å². The summed E-state index contributed by atoms with van der Waals surface area (Å²) in [7, 11) is 3.08. The molecular formula is C25H30N2O4. The van der Waals surface area contributed by atoms with Gasteiger partial charge in [-0.05, 0) is 61.3 Å². The standard InChI is InChI=1S/C25H30N2O4/c1-30-22-15-20(25(29)27-11-5-6-12-27)21(16-23(22)31-2)26-24(28)14-17-9-10-18-7-3-4-8-19(18)13-17/h9-10,13,15-16H,3-8,11-12,14H2,1-2H3,(H,26,28). The number of hydrogen-bond donors (Lipinski definition) is 1. The molecule has 1 saturated heterocycles. The minimum absolute atomic E-state index is 0.0949. The van der Waals surface area contributed by atoms with Gasteiger partial charge in [-0.25, -0.2) is 0 Å². The molecule has 31 heavy (non-hydrogen) atoms. The Kier molecular flexibility index (Phi) is 6.44. The van der Waals surface area contributed by atoms with E-state index in [0.29, 0.717) is 22.7 Å². The summed E-state index contributed by atoms with van der Waals surface area (Å²) in [5, 5.41) is 2.95. The Balaban J connectivity index is 1.57. The Morgan fingerprint density at radius 3 is 2.29 bits per heavy atom. The highest BCUT2D eigenvalue weighted by Gasteiger charge is 2.25. The van der Waals surface area contributed by atoms with E-state index < -0.39 is 0 Å². The molecule has 6 nitrogen and oxygen atoms in total. The van der Waals surface area contributed by atoms with Crippen LogP contribution in [0.5, 0.6) is 11.5 Å². The second-order valence-corrected chi connectivity index (χ2v) is 8.29. The van der Waals surface area contributed by atoms with Gasteiger partial charge in [0.25, 0.3) is 5.91 Å². The van der Waals surface area contributed by atoms with Crippen molar-refractivity contribution in [3.05, 3.63) is 52.6 Å². The van der Waals surface area contributed by atoms with Crippen LogP contribution >= 0.6 is 0 Å². The van der Waals surface area contributed by atoms with Crippen LogP contribution in [0, 0.1) is 0 Å².